The Labute approximate surface area is 107 Å². The number of anilines is 1. The van der Waals surface area contributed by atoms with Gasteiger partial charge in [0.2, 0.25) is 0 Å². The van der Waals surface area contributed by atoms with Crippen LogP contribution in [0.2, 0.25) is 0 Å². The molecule has 0 aliphatic carbocycles. The Morgan fingerprint density at radius 1 is 1.22 bits per heavy atom. The van der Waals surface area contributed by atoms with Gasteiger partial charge >= 0.3 is 0 Å². The van der Waals surface area contributed by atoms with Crippen molar-refractivity contribution in [3.05, 3.63) is 53.2 Å². The fourth-order valence-corrected chi connectivity index (χ4v) is 1.75. The Morgan fingerprint density at radius 3 is 2.78 bits per heavy atom. The monoisotopic (exact) mass is 243 g/mol. The minimum absolute atomic E-state index is 0.430. The number of aromatic nitrogens is 1. The number of nitrogen functional groups attached to an aromatic ring is 1. The van der Waals surface area contributed by atoms with E-state index in [1.54, 1.807) is 6.07 Å². The second kappa shape index (κ2) is 5.51. The van der Waals surface area contributed by atoms with Crippen molar-refractivity contribution in [2.75, 3.05) is 5.43 Å². The largest absolute Gasteiger partial charge is 0.487 e. The third-order valence-electron chi connectivity index (χ3n) is 2.66. The van der Waals surface area contributed by atoms with E-state index in [9.17, 15) is 0 Å². The van der Waals surface area contributed by atoms with Gasteiger partial charge < -0.3 is 10.2 Å². The number of nitrogens with one attached hydrogen (secondary N) is 1. The van der Waals surface area contributed by atoms with Crippen LogP contribution in [0.25, 0.3) is 0 Å². The maximum Gasteiger partial charge on any atom is 0.140 e. The van der Waals surface area contributed by atoms with Crippen LogP contribution in [-0.2, 0) is 6.61 Å². The van der Waals surface area contributed by atoms with E-state index >= 15 is 0 Å². The highest BCUT2D eigenvalue weighted by Crippen LogP contribution is 2.19. The van der Waals surface area contributed by atoms with Gasteiger partial charge in [-0.25, -0.2) is 10.8 Å². The third kappa shape index (κ3) is 2.99. The standard InChI is InChI=1S/C14H17N3O/c1-10-6-7-13(11(2)8-10)18-9-12-4-3-5-14(16-12)17-15/h3-8H,9,15H2,1-2H3,(H,16,17). The lowest BCUT2D eigenvalue weighted by Crippen LogP contribution is -2.09. The summed E-state index contributed by atoms with van der Waals surface area (Å²) in [6.07, 6.45) is 0. The van der Waals surface area contributed by atoms with Crippen LogP contribution in [0.4, 0.5) is 5.82 Å². The Morgan fingerprint density at radius 2 is 2.06 bits per heavy atom. The van der Waals surface area contributed by atoms with Gasteiger partial charge in [-0.3, -0.25) is 0 Å². The van der Waals surface area contributed by atoms with E-state index in [1.807, 2.05) is 31.2 Å². The molecule has 4 heteroatoms. The van der Waals surface area contributed by atoms with E-state index in [0.29, 0.717) is 12.4 Å². The molecule has 2 aromatic rings. The molecule has 1 heterocycles. The molecule has 0 aliphatic heterocycles. The van der Waals surface area contributed by atoms with Gasteiger partial charge in [0.05, 0.1) is 5.69 Å². The summed E-state index contributed by atoms with van der Waals surface area (Å²) in [6.45, 7) is 4.53. The summed E-state index contributed by atoms with van der Waals surface area (Å²) in [5, 5.41) is 0. The number of benzene rings is 1. The first-order valence-electron chi connectivity index (χ1n) is 5.81. The fourth-order valence-electron chi connectivity index (χ4n) is 1.75. The molecule has 0 unspecified atom stereocenters. The summed E-state index contributed by atoms with van der Waals surface area (Å²) in [6, 6.07) is 11.7. The molecule has 0 saturated heterocycles. The molecule has 0 spiro atoms. The number of hydrogen-bond acceptors (Lipinski definition) is 4. The molecule has 4 nitrogen and oxygen atoms in total. The van der Waals surface area contributed by atoms with Crippen LogP contribution < -0.4 is 16.0 Å². The zero-order chi connectivity index (χ0) is 13.0. The van der Waals surface area contributed by atoms with Crippen LogP contribution in [0.1, 0.15) is 16.8 Å². The molecular formula is C14H17N3O. The van der Waals surface area contributed by atoms with E-state index in [0.717, 1.165) is 17.0 Å². The maximum atomic E-state index is 5.75. The molecule has 0 saturated carbocycles. The lowest BCUT2D eigenvalue weighted by atomic mass is 10.1. The van der Waals surface area contributed by atoms with Gasteiger partial charge in [-0.15, -0.1) is 0 Å². The van der Waals surface area contributed by atoms with E-state index in [2.05, 4.69) is 23.4 Å². The molecule has 2 rings (SSSR count). The quantitative estimate of drug-likeness (QED) is 0.640. The molecule has 0 bridgehead atoms. The Kier molecular flexibility index (Phi) is 3.79. The van der Waals surface area contributed by atoms with Crippen molar-refractivity contribution < 1.29 is 4.74 Å². The maximum absolute atomic E-state index is 5.75. The highest BCUT2D eigenvalue weighted by atomic mass is 16.5. The highest BCUT2D eigenvalue weighted by Gasteiger charge is 2.02. The van der Waals surface area contributed by atoms with Crippen molar-refractivity contribution in [3.63, 3.8) is 0 Å². The molecule has 0 radical (unpaired) electrons. The Bertz CT molecular complexity index is 540. The predicted octanol–water partition coefficient (Wildman–Crippen LogP) is 2.56. The fraction of sp³-hybridized carbons (Fsp3) is 0.214. The van der Waals surface area contributed by atoms with Gasteiger partial charge in [-0.05, 0) is 37.6 Å². The first-order chi connectivity index (χ1) is 8.69. The van der Waals surface area contributed by atoms with Gasteiger partial charge in [-0.2, -0.15) is 0 Å². The number of hydrazine groups is 1. The van der Waals surface area contributed by atoms with Crippen LogP contribution in [0.3, 0.4) is 0 Å². The Hall–Kier alpha value is -2.07. The molecule has 0 atom stereocenters. The van der Waals surface area contributed by atoms with E-state index in [-0.39, 0.29) is 0 Å². The number of nitrogens with two attached hydrogens (primary N) is 1. The van der Waals surface area contributed by atoms with Crippen molar-refractivity contribution in [2.24, 2.45) is 5.84 Å². The van der Waals surface area contributed by atoms with E-state index in [4.69, 9.17) is 10.6 Å². The third-order valence-corrected chi connectivity index (χ3v) is 2.66. The summed E-state index contributed by atoms with van der Waals surface area (Å²) < 4.78 is 5.75. The molecule has 0 aliphatic rings. The number of hydrogen-bond donors (Lipinski definition) is 2. The molecule has 18 heavy (non-hydrogen) atoms. The second-order valence-corrected chi connectivity index (χ2v) is 4.22. The average molecular weight is 243 g/mol. The summed E-state index contributed by atoms with van der Waals surface area (Å²) in [5.74, 6) is 6.83. The smallest absolute Gasteiger partial charge is 0.140 e. The van der Waals surface area contributed by atoms with Crippen LogP contribution in [-0.4, -0.2) is 4.98 Å². The first-order valence-corrected chi connectivity index (χ1v) is 5.81. The minimum atomic E-state index is 0.430. The molecule has 3 N–H and O–H groups in total. The predicted molar refractivity (Wildman–Crippen MR) is 72.3 cm³/mol. The minimum Gasteiger partial charge on any atom is -0.487 e. The summed E-state index contributed by atoms with van der Waals surface area (Å²) in [5.41, 5.74) is 5.71. The van der Waals surface area contributed by atoms with Crippen LogP contribution in [0.15, 0.2) is 36.4 Å². The normalized spacial score (nSPS) is 10.2. The summed E-state index contributed by atoms with van der Waals surface area (Å²) in [7, 11) is 0. The number of ether oxygens (including phenoxy) is 1. The van der Waals surface area contributed by atoms with Crippen molar-refractivity contribution >= 4 is 5.82 Å². The zero-order valence-electron chi connectivity index (χ0n) is 10.6. The molecule has 1 aromatic heterocycles. The average Bonchev–Trinajstić information content (AvgIpc) is 2.38. The molecular weight excluding hydrogens is 226 g/mol. The molecule has 0 amide bonds. The zero-order valence-corrected chi connectivity index (χ0v) is 10.6. The SMILES string of the molecule is Cc1ccc(OCc2cccc(NN)n2)c(C)c1. The van der Waals surface area contributed by atoms with Gasteiger partial charge in [0.25, 0.3) is 0 Å². The first kappa shape index (κ1) is 12.4. The van der Waals surface area contributed by atoms with Gasteiger partial charge in [-0.1, -0.05) is 23.8 Å². The van der Waals surface area contributed by atoms with Gasteiger partial charge in [0.15, 0.2) is 0 Å². The topological polar surface area (TPSA) is 60.2 Å². The lowest BCUT2D eigenvalue weighted by molar-refractivity contribution is 0.299. The number of pyridine rings is 1. The van der Waals surface area contributed by atoms with Crippen LogP contribution in [0, 0.1) is 13.8 Å². The van der Waals surface area contributed by atoms with E-state index in [1.165, 1.54) is 5.56 Å². The van der Waals surface area contributed by atoms with E-state index < -0.39 is 0 Å². The van der Waals surface area contributed by atoms with Crippen LogP contribution in [0.5, 0.6) is 5.75 Å². The van der Waals surface area contributed by atoms with Crippen molar-refractivity contribution in [2.45, 2.75) is 20.5 Å². The Balaban J connectivity index is 2.06. The molecule has 1 aromatic carbocycles. The highest BCUT2D eigenvalue weighted by molar-refractivity contribution is 5.36. The second-order valence-electron chi connectivity index (χ2n) is 4.22. The van der Waals surface area contributed by atoms with Gasteiger partial charge in [0.1, 0.15) is 18.2 Å². The summed E-state index contributed by atoms with van der Waals surface area (Å²) >= 11 is 0. The van der Waals surface area contributed by atoms with Gasteiger partial charge in [0, 0.05) is 0 Å². The van der Waals surface area contributed by atoms with Crippen LogP contribution >= 0.6 is 0 Å². The number of nitrogens with zero attached hydrogens (tertiary/aromatic N) is 1. The van der Waals surface area contributed by atoms with Crippen molar-refractivity contribution in [3.8, 4) is 5.75 Å². The molecule has 0 fully saturated rings. The van der Waals surface area contributed by atoms with Crippen molar-refractivity contribution in [1.29, 1.82) is 0 Å². The number of rotatable bonds is 4. The lowest BCUT2D eigenvalue weighted by Gasteiger charge is -2.10. The van der Waals surface area contributed by atoms with Crippen molar-refractivity contribution in [1.82, 2.24) is 4.98 Å². The molecule has 94 valence electrons. The number of aryl methyl sites for hydroxylation is 2. The summed E-state index contributed by atoms with van der Waals surface area (Å²) in [4.78, 5) is 4.29.